The summed E-state index contributed by atoms with van der Waals surface area (Å²) in [4.78, 5) is 11.2. The summed E-state index contributed by atoms with van der Waals surface area (Å²) in [5, 5.41) is 9.65. The number of hydrogen-bond acceptors (Lipinski definition) is 5. The standard InChI is InChI=1S/C11H20O5/c1-14-8-11(5-3-4-6-16-11)7-9(12)10(13)15-2/h9,12H,3-8H2,1-2H3. The molecule has 0 aromatic heterocycles. The lowest BCUT2D eigenvalue weighted by atomic mass is 9.89. The van der Waals surface area contributed by atoms with Crippen molar-refractivity contribution in [3.05, 3.63) is 0 Å². The van der Waals surface area contributed by atoms with E-state index < -0.39 is 17.7 Å². The van der Waals surface area contributed by atoms with Gasteiger partial charge in [-0.2, -0.15) is 0 Å². The van der Waals surface area contributed by atoms with E-state index in [1.54, 1.807) is 7.11 Å². The van der Waals surface area contributed by atoms with Crippen molar-refractivity contribution in [3.63, 3.8) is 0 Å². The molecule has 1 aliphatic rings. The highest BCUT2D eigenvalue weighted by atomic mass is 16.5. The van der Waals surface area contributed by atoms with E-state index in [4.69, 9.17) is 9.47 Å². The molecule has 1 rings (SSSR count). The Labute approximate surface area is 95.7 Å². The van der Waals surface area contributed by atoms with E-state index in [9.17, 15) is 9.90 Å². The minimum atomic E-state index is -1.14. The van der Waals surface area contributed by atoms with Gasteiger partial charge in [0, 0.05) is 20.1 Å². The van der Waals surface area contributed by atoms with Gasteiger partial charge in [0.2, 0.25) is 0 Å². The molecule has 94 valence electrons. The minimum Gasteiger partial charge on any atom is -0.467 e. The Bertz CT molecular complexity index is 217. The predicted molar refractivity (Wildman–Crippen MR) is 57.0 cm³/mol. The zero-order valence-corrected chi connectivity index (χ0v) is 9.90. The molecule has 0 saturated carbocycles. The predicted octanol–water partition coefficient (Wildman–Crippen LogP) is 0.496. The van der Waals surface area contributed by atoms with Gasteiger partial charge < -0.3 is 19.3 Å². The number of aliphatic hydroxyl groups is 1. The number of carbonyl (C=O) groups is 1. The number of ether oxygens (including phenoxy) is 3. The van der Waals surface area contributed by atoms with Crippen molar-refractivity contribution in [2.75, 3.05) is 27.4 Å². The second-order valence-corrected chi connectivity index (χ2v) is 4.16. The van der Waals surface area contributed by atoms with Gasteiger partial charge in [-0.15, -0.1) is 0 Å². The van der Waals surface area contributed by atoms with E-state index in [2.05, 4.69) is 4.74 Å². The molecule has 5 heteroatoms. The summed E-state index contributed by atoms with van der Waals surface area (Å²) in [6.07, 6.45) is 1.93. The first kappa shape index (κ1) is 13.4. The molecule has 0 bridgehead atoms. The van der Waals surface area contributed by atoms with Gasteiger partial charge in [-0.3, -0.25) is 0 Å². The van der Waals surface area contributed by atoms with Gasteiger partial charge in [0.25, 0.3) is 0 Å². The maximum Gasteiger partial charge on any atom is 0.334 e. The smallest absolute Gasteiger partial charge is 0.334 e. The largest absolute Gasteiger partial charge is 0.467 e. The first-order chi connectivity index (χ1) is 7.63. The number of carbonyl (C=O) groups excluding carboxylic acids is 1. The molecule has 5 nitrogen and oxygen atoms in total. The van der Waals surface area contributed by atoms with Gasteiger partial charge in [0.1, 0.15) is 0 Å². The minimum absolute atomic E-state index is 0.230. The fourth-order valence-corrected chi connectivity index (χ4v) is 2.08. The van der Waals surface area contributed by atoms with Gasteiger partial charge in [0.05, 0.1) is 19.3 Å². The Hall–Kier alpha value is -0.650. The quantitative estimate of drug-likeness (QED) is 0.699. The van der Waals surface area contributed by atoms with E-state index >= 15 is 0 Å². The van der Waals surface area contributed by atoms with Crippen LogP contribution in [0.4, 0.5) is 0 Å². The second-order valence-electron chi connectivity index (χ2n) is 4.16. The molecular formula is C11H20O5. The average molecular weight is 232 g/mol. The van der Waals surface area contributed by atoms with Gasteiger partial charge in [-0.05, 0) is 19.3 Å². The van der Waals surface area contributed by atoms with Gasteiger partial charge >= 0.3 is 5.97 Å². The van der Waals surface area contributed by atoms with Crippen LogP contribution in [-0.4, -0.2) is 50.2 Å². The summed E-state index contributed by atoms with van der Waals surface area (Å²) in [6.45, 7) is 1.04. The third-order valence-corrected chi connectivity index (χ3v) is 2.88. The molecule has 0 spiro atoms. The summed E-state index contributed by atoms with van der Waals surface area (Å²) in [6, 6.07) is 0. The number of aliphatic hydroxyl groups excluding tert-OH is 1. The van der Waals surface area contributed by atoms with E-state index in [1.165, 1.54) is 7.11 Å². The highest BCUT2D eigenvalue weighted by Gasteiger charge is 2.37. The van der Waals surface area contributed by atoms with Crippen LogP contribution in [0, 0.1) is 0 Å². The molecule has 0 aromatic carbocycles. The summed E-state index contributed by atoms with van der Waals surface area (Å²) in [7, 11) is 2.85. The summed E-state index contributed by atoms with van der Waals surface area (Å²) in [5.74, 6) is -0.621. The van der Waals surface area contributed by atoms with Crippen LogP contribution in [0.15, 0.2) is 0 Å². The topological polar surface area (TPSA) is 65.0 Å². The number of esters is 1. The van der Waals surface area contributed by atoms with Crippen molar-refractivity contribution in [3.8, 4) is 0 Å². The van der Waals surface area contributed by atoms with Crippen LogP contribution >= 0.6 is 0 Å². The number of rotatable bonds is 5. The van der Waals surface area contributed by atoms with Gasteiger partial charge in [-0.25, -0.2) is 4.79 Å². The van der Waals surface area contributed by atoms with Crippen LogP contribution < -0.4 is 0 Å². The second kappa shape index (κ2) is 6.18. The summed E-state index contributed by atoms with van der Waals surface area (Å²) < 4.78 is 15.3. The number of hydrogen-bond donors (Lipinski definition) is 1. The zero-order chi connectivity index (χ0) is 12.0. The summed E-state index contributed by atoms with van der Waals surface area (Å²) >= 11 is 0. The molecule has 0 radical (unpaired) electrons. The van der Waals surface area contributed by atoms with Crippen LogP contribution in [0.2, 0.25) is 0 Å². The van der Waals surface area contributed by atoms with Crippen molar-refractivity contribution >= 4 is 5.97 Å². The van der Waals surface area contributed by atoms with Crippen LogP contribution in [0.1, 0.15) is 25.7 Å². The van der Waals surface area contributed by atoms with Crippen molar-refractivity contribution in [1.82, 2.24) is 0 Å². The van der Waals surface area contributed by atoms with Crippen molar-refractivity contribution < 1.29 is 24.1 Å². The monoisotopic (exact) mass is 232 g/mol. The molecule has 2 atom stereocenters. The van der Waals surface area contributed by atoms with Gasteiger partial charge in [0.15, 0.2) is 6.10 Å². The van der Waals surface area contributed by atoms with Crippen molar-refractivity contribution in [2.45, 2.75) is 37.4 Å². The first-order valence-corrected chi connectivity index (χ1v) is 5.52. The molecule has 0 aliphatic carbocycles. The lowest BCUT2D eigenvalue weighted by molar-refractivity contribution is -0.164. The Morgan fingerprint density at radius 1 is 1.50 bits per heavy atom. The highest BCUT2D eigenvalue weighted by Crippen LogP contribution is 2.30. The molecule has 16 heavy (non-hydrogen) atoms. The molecular weight excluding hydrogens is 212 g/mol. The van der Waals surface area contributed by atoms with Crippen LogP contribution in [-0.2, 0) is 19.0 Å². The lowest BCUT2D eigenvalue weighted by Gasteiger charge is -2.37. The molecule has 0 aromatic rings. The normalized spacial score (nSPS) is 27.4. The van der Waals surface area contributed by atoms with E-state index in [0.717, 1.165) is 19.3 Å². The molecule has 2 unspecified atom stereocenters. The van der Waals surface area contributed by atoms with E-state index in [0.29, 0.717) is 13.2 Å². The maximum atomic E-state index is 11.2. The Kier molecular flexibility index (Phi) is 5.18. The zero-order valence-electron chi connectivity index (χ0n) is 9.90. The Balaban J connectivity index is 2.59. The first-order valence-electron chi connectivity index (χ1n) is 5.52. The van der Waals surface area contributed by atoms with Crippen molar-refractivity contribution in [2.24, 2.45) is 0 Å². The van der Waals surface area contributed by atoms with Crippen molar-refractivity contribution in [1.29, 1.82) is 0 Å². The fourth-order valence-electron chi connectivity index (χ4n) is 2.08. The molecule has 1 fully saturated rings. The van der Waals surface area contributed by atoms with E-state index in [-0.39, 0.29) is 6.42 Å². The Morgan fingerprint density at radius 3 is 2.75 bits per heavy atom. The maximum absolute atomic E-state index is 11.2. The molecule has 1 heterocycles. The van der Waals surface area contributed by atoms with Crippen LogP contribution in [0.5, 0.6) is 0 Å². The third-order valence-electron chi connectivity index (χ3n) is 2.88. The highest BCUT2D eigenvalue weighted by molar-refractivity contribution is 5.74. The summed E-state index contributed by atoms with van der Waals surface area (Å²) in [5.41, 5.74) is -0.541. The SMILES string of the molecule is COCC1(CC(O)C(=O)OC)CCCCO1. The molecule has 1 N–H and O–H groups in total. The molecule has 1 aliphatic heterocycles. The number of methoxy groups -OCH3 is 2. The molecule has 0 amide bonds. The van der Waals surface area contributed by atoms with Crippen LogP contribution in [0.25, 0.3) is 0 Å². The lowest BCUT2D eigenvalue weighted by Crippen LogP contribution is -2.45. The molecule has 1 saturated heterocycles. The van der Waals surface area contributed by atoms with Crippen LogP contribution in [0.3, 0.4) is 0 Å². The Morgan fingerprint density at radius 2 is 2.25 bits per heavy atom. The average Bonchev–Trinajstić information content (AvgIpc) is 2.29. The third kappa shape index (κ3) is 3.43. The van der Waals surface area contributed by atoms with Gasteiger partial charge in [-0.1, -0.05) is 0 Å². The fraction of sp³-hybridized carbons (Fsp3) is 0.909. The van der Waals surface area contributed by atoms with E-state index in [1.807, 2.05) is 0 Å².